The van der Waals surface area contributed by atoms with Gasteiger partial charge in [-0.25, -0.2) is 0 Å². The van der Waals surface area contributed by atoms with Crippen LogP contribution in [0.15, 0.2) is 11.6 Å². The molecule has 0 bridgehead atoms. The van der Waals surface area contributed by atoms with Gasteiger partial charge in [0.2, 0.25) is 0 Å². The van der Waals surface area contributed by atoms with E-state index in [0.717, 1.165) is 41.9 Å². The molecule has 0 spiro atoms. The number of hydrogen-bond donors (Lipinski definition) is 0. The molecule has 4 aliphatic rings. The second kappa shape index (κ2) is 12.5. The van der Waals surface area contributed by atoms with Crippen LogP contribution >= 0.6 is 0 Å². The van der Waals surface area contributed by atoms with E-state index in [4.69, 9.17) is 4.74 Å². The minimum absolute atomic E-state index is 0.0103. The van der Waals surface area contributed by atoms with Gasteiger partial charge in [-0.05, 0) is 118 Å². The molecule has 0 radical (unpaired) electrons. The number of ether oxygens (including phenoxy) is 1. The summed E-state index contributed by atoms with van der Waals surface area (Å²) in [5, 5.41) is 0. The summed E-state index contributed by atoms with van der Waals surface area (Å²) in [6, 6.07) is 0. The molecule has 3 saturated carbocycles. The molecule has 0 heterocycles. The van der Waals surface area contributed by atoms with Gasteiger partial charge in [0.25, 0.3) is 0 Å². The van der Waals surface area contributed by atoms with Gasteiger partial charge in [0.1, 0.15) is 0 Å². The molecule has 4 rings (SSSR count). The Labute approximate surface area is 220 Å². The lowest BCUT2D eigenvalue weighted by Crippen LogP contribution is -2.48. The van der Waals surface area contributed by atoms with Gasteiger partial charge in [0.15, 0.2) is 0 Å². The van der Waals surface area contributed by atoms with Gasteiger partial charge >= 0.3 is 0 Å². The number of unbranched alkanes of at least 4 members (excludes halogenated alkanes) is 1. The van der Waals surface area contributed by atoms with E-state index in [2.05, 4.69) is 54.5 Å². The molecule has 0 aromatic rings. The Morgan fingerprint density at radius 2 is 1.63 bits per heavy atom. The van der Waals surface area contributed by atoms with Crippen molar-refractivity contribution >= 4 is 0 Å². The van der Waals surface area contributed by atoms with Crippen LogP contribution in [0.25, 0.3) is 0 Å². The van der Waals surface area contributed by atoms with E-state index in [0.29, 0.717) is 17.4 Å². The smallest absolute Gasteiger partial charge is 0.0632 e. The molecule has 0 aliphatic heterocycles. The summed E-state index contributed by atoms with van der Waals surface area (Å²) in [6.07, 6.45) is 21.5. The lowest BCUT2D eigenvalue weighted by molar-refractivity contribution is -0.104. The largest absolute Gasteiger partial charge is 0.372 e. The van der Waals surface area contributed by atoms with E-state index in [1.165, 1.54) is 77.0 Å². The number of hydrogen-bond acceptors (Lipinski definition) is 1. The Hall–Kier alpha value is -0.300. The Bertz CT molecular complexity index is 672. The van der Waals surface area contributed by atoms with E-state index < -0.39 is 0 Å². The Balaban J connectivity index is 0.00000167. The molecule has 0 saturated heterocycles. The Morgan fingerprint density at radius 1 is 0.914 bits per heavy atom. The van der Waals surface area contributed by atoms with Crippen LogP contribution in [0.3, 0.4) is 0 Å². The van der Waals surface area contributed by atoms with Crippen LogP contribution in [-0.2, 0) is 4.74 Å². The fourth-order valence-electron chi connectivity index (χ4n) is 9.30. The SMILES string of the molecule is CC.CC(C)CCCCC1CCC2C1CCC1C2CC=C2CC(OC(C)(C)CC(C)C)CCC21C. The molecule has 7 unspecified atom stereocenters. The highest BCUT2D eigenvalue weighted by Crippen LogP contribution is 2.62. The van der Waals surface area contributed by atoms with Gasteiger partial charge in [0.05, 0.1) is 11.7 Å². The average Bonchev–Trinajstić information content (AvgIpc) is 3.20. The van der Waals surface area contributed by atoms with Crippen LogP contribution in [0, 0.1) is 46.8 Å². The summed E-state index contributed by atoms with van der Waals surface area (Å²) < 4.78 is 6.72. The van der Waals surface area contributed by atoms with E-state index in [1.807, 2.05) is 13.8 Å². The van der Waals surface area contributed by atoms with Crippen molar-refractivity contribution < 1.29 is 4.74 Å². The lowest BCUT2D eigenvalue weighted by Gasteiger charge is -2.56. The first-order chi connectivity index (χ1) is 16.6. The summed E-state index contributed by atoms with van der Waals surface area (Å²) >= 11 is 0. The highest BCUT2D eigenvalue weighted by molar-refractivity contribution is 5.25. The van der Waals surface area contributed by atoms with Crippen LogP contribution in [-0.4, -0.2) is 11.7 Å². The molecule has 1 heteroatoms. The maximum atomic E-state index is 6.72. The zero-order valence-corrected chi connectivity index (χ0v) is 25.3. The third kappa shape index (κ3) is 6.97. The van der Waals surface area contributed by atoms with Gasteiger partial charge < -0.3 is 4.74 Å². The summed E-state index contributed by atoms with van der Waals surface area (Å²) in [5.74, 6) is 6.64. The second-order valence-electron chi connectivity index (χ2n) is 14.4. The van der Waals surface area contributed by atoms with Crippen molar-refractivity contribution in [2.75, 3.05) is 0 Å². The maximum absolute atomic E-state index is 6.72. The van der Waals surface area contributed by atoms with Crippen molar-refractivity contribution in [3.05, 3.63) is 11.6 Å². The second-order valence-corrected chi connectivity index (χ2v) is 14.4. The first-order valence-corrected chi connectivity index (χ1v) is 16.0. The zero-order valence-electron chi connectivity index (χ0n) is 25.3. The first-order valence-electron chi connectivity index (χ1n) is 16.0. The maximum Gasteiger partial charge on any atom is 0.0632 e. The minimum Gasteiger partial charge on any atom is -0.372 e. The molecule has 0 amide bonds. The van der Waals surface area contributed by atoms with Crippen molar-refractivity contribution in [1.82, 2.24) is 0 Å². The van der Waals surface area contributed by atoms with Crippen molar-refractivity contribution in [1.29, 1.82) is 0 Å². The Morgan fingerprint density at radius 3 is 2.31 bits per heavy atom. The highest BCUT2D eigenvalue weighted by atomic mass is 16.5. The van der Waals surface area contributed by atoms with Crippen molar-refractivity contribution in [2.45, 2.75) is 157 Å². The summed E-state index contributed by atoms with van der Waals surface area (Å²) in [5.41, 5.74) is 2.25. The van der Waals surface area contributed by atoms with Gasteiger partial charge in [-0.1, -0.05) is 85.8 Å². The molecule has 3 fully saturated rings. The Kier molecular flexibility index (Phi) is 10.4. The fraction of sp³-hybridized carbons (Fsp3) is 0.941. The highest BCUT2D eigenvalue weighted by Gasteiger charge is 2.54. The minimum atomic E-state index is 0.0103. The van der Waals surface area contributed by atoms with Gasteiger partial charge in [-0.3, -0.25) is 0 Å². The van der Waals surface area contributed by atoms with Gasteiger partial charge in [-0.2, -0.15) is 0 Å². The summed E-state index contributed by atoms with van der Waals surface area (Å²) in [7, 11) is 0. The monoisotopic (exact) mass is 486 g/mol. The number of rotatable bonds is 9. The van der Waals surface area contributed by atoms with Crippen LogP contribution in [0.2, 0.25) is 0 Å². The standard InChI is InChI=1S/C32H56O.C2H6/c1-22(2)10-8-9-11-24-12-14-28-27(24)16-17-30-29(28)15-13-25-20-26(18-19-32(25,30)7)33-31(5,6)21-23(3)4;1-2/h13,22-24,26-30H,8-12,14-21H2,1-7H3;1-2H3. The van der Waals surface area contributed by atoms with Gasteiger partial charge in [-0.15, -0.1) is 0 Å². The number of allylic oxidation sites excluding steroid dienone is 1. The van der Waals surface area contributed by atoms with Crippen LogP contribution in [0.4, 0.5) is 0 Å². The van der Waals surface area contributed by atoms with Crippen LogP contribution < -0.4 is 0 Å². The first kappa shape index (κ1) is 29.3. The molecule has 204 valence electrons. The van der Waals surface area contributed by atoms with E-state index in [9.17, 15) is 0 Å². The van der Waals surface area contributed by atoms with Crippen LogP contribution in [0.1, 0.15) is 146 Å². The molecular weight excluding hydrogens is 424 g/mol. The predicted molar refractivity (Wildman–Crippen MR) is 154 cm³/mol. The van der Waals surface area contributed by atoms with Crippen molar-refractivity contribution in [3.8, 4) is 0 Å². The van der Waals surface area contributed by atoms with E-state index in [-0.39, 0.29) is 5.60 Å². The molecule has 4 aliphatic carbocycles. The third-order valence-corrected chi connectivity index (χ3v) is 10.5. The molecule has 0 aromatic carbocycles. The number of fused-ring (bicyclic) bond motifs is 5. The van der Waals surface area contributed by atoms with E-state index >= 15 is 0 Å². The fourth-order valence-corrected chi connectivity index (χ4v) is 9.30. The normalized spacial score (nSPS) is 36.7. The molecule has 1 nitrogen and oxygen atoms in total. The summed E-state index contributed by atoms with van der Waals surface area (Å²) in [4.78, 5) is 0. The third-order valence-electron chi connectivity index (χ3n) is 10.5. The van der Waals surface area contributed by atoms with Crippen molar-refractivity contribution in [3.63, 3.8) is 0 Å². The predicted octanol–water partition coefficient (Wildman–Crippen LogP) is 10.6. The average molecular weight is 487 g/mol. The molecule has 35 heavy (non-hydrogen) atoms. The topological polar surface area (TPSA) is 9.23 Å². The zero-order chi connectivity index (χ0) is 25.8. The van der Waals surface area contributed by atoms with Crippen LogP contribution in [0.5, 0.6) is 0 Å². The van der Waals surface area contributed by atoms with E-state index in [1.54, 1.807) is 5.57 Å². The molecule has 0 N–H and O–H groups in total. The summed E-state index contributed by atoms with van der Waals surface area (Å²) in [6.45, 7) is 20.7. The molecule has 0 aromatic heterocycles. The lowest BCUT2D eigenvalue weighted by atomic mass is 9.50. The van der Waals surface area contributed by atoms with Crippen molar-refractivity contribution in [2.24, 2.45) is 46.8 Å². The molecule has 7 atom stereocenters. The van der Waals surface area contributed by atoms with Gasteiger partial charge in [0, 0.05) is 0 Å². The quantitative estimate of drug-likeness (QED) is 0.232. The molecular formula is C34H62O.